The van der Waals surface area contributed by atoms with Crippen LogP contribution >= 0.6 is 0 Å². The molecule has 21 heavy (non-hydrogen) atoms. The highest BCUT2D eigenvalue weighted by Crippen LogP contribution is 2.24. The maximum absolute atomic E-state index is 12.1. The van der Waals surface area contributed by atoms with Gasteiger partial charge in [-0.2, -0.15) is 0 Å². The van der Waals surface area contributed by atoms with Crippen molar-refractivity contribution in [1.29, 1.82) is 0 Å². The van der Waals surface area contributed by atoms with Gasteiger partial charge in [0, 0.05) is 31.9 Å². The molecule has 2 amide bonds. The number of piperazine rings is 1. The van der Waals surface area contributed by atoms with Gasteiger partial charge in [-0.15, -0.1) is 0 Å². The molecule has 1 fully saturated rings. The molecule has 1 aliphatic rings. The lowest BCUT2D eigenvalue weighted by molar-refractivity contribution is -0.142. The number of carboxylic acids is 1. The molecular formula is C15H21N3O3. The zero-order valence-corrected chi connectivity index (χ0v) is 12.3. The molecule has 1 heterocycles. The smallest absolute Gasteiger partial charge is 0.321 e. The van der Waals surface area contributed by atoms with E-state index in [-0.39, 0.29) is 6.03 Å². The first-order valence-electron chi connectivity index (χ1n) is 7.02. The summed E-state index contributed by atoms with van der Waals surface area (Å²) >= 11 is 0. The van der Waals surface area contributed by atoms with E-state index in [1.54, 1.807) is 43.0 Å². The number of benzene rings is 1. The number of hydrogen-bond donors (Lipinski definition) is 3. The normalized spacial score (nSPS) is 15.6. The van der Waals surface area contributed by atoms with Crippen molar-refractivity contribution in [3.8, 4) is 0 Å². The van der Waals surface area contributed by atoms with Crippen LogP contribution in [0.4, 0.5) is 10.5 Å². The van der Waals surface area contributed by atoms with E-state index in [1.807, 2.05) is 0 Å². The maximum atomic E-state index is 12.1. The number of anilines is 1. The Morgan fingerprint density at radius 2 is 1.76 bits per heavy atom. The number of urea groups is 1. The molecule has 114 valence electrons. The second-order valence-electron chi connectivity index (χ2n) is 5.67. The van der Waals surface area contributed by atoms with Crippen LogP contribution in [0.25, 0.3) is 0 Å². The number of aliphatic carboxylic acids is 1. The Morgan fingerprint density at radius 3 is 2.29 bits per heavy atom. The minimum absolute atomic E-state index is 0.123. The molecule has 1 aromatic carbocycles. The first-order chi connectivity index (χ1) is 9.91. The van der Waals surface area contributed by atoms with E-state index >= 15 is 0 Å². The van der Waals surface area contributed by atoms with E-state index in [1.165, 1.54) is 0 Å². The van der Waals surface area contributed by atoms with Crippen LogP contribution in [0.3, 0.4) is 0 Å². The van der Waals surface area contributed by atoms with Crippen molar-refractivity contribution in [2.75, 3.05) is 31.5 Å². The summed E-state index contributed by atoms with van der Waals surface area (Å²) < 4.78 is 0. The van der Waals surface area contributed by atoms with Crippen molar-refractivity contribution >= 4 is 17.7 Å². The molecule has 6 heteroatoms. The van der Waals surface area contributed by atoms with Crippen molar-refractivity contribution in [3.63, 3.8) is 0 Å². The van der Waals surface area contributed by atoms with Gasteiger partial charge in [0.05, 0.1) is 5.41 Å². The van der Waals surface area contributed by atoms with Gasteiger partial charge in [0.15, 0.2) is 0 Å². The molecule has 0 atom stereocenters. The van der Waals surface area contributed by atoms with Gasteiger partial charge >= 0.3 is 12.0 Å². The summed E-state index contributed by atoms with van der Waals surface area (Å²) in [6.45, 7) is 6.30. The van der Waals surface area contributed by atoms with Crippen LogP contribution in [0.1, 0.15) is 19.4 Å². The molecule has 1 aromatic rings. The van der Waals surface area contributed by atoms with Crippen LogP contribution in [-0.4, -0.2) is 48.2 Å². The number of carbonyl (C=O) groups is 2. The SMILES string of the molecule is CC(C)(C(=O)O)c1ccc(NC(=O)N2CCNCC2)cc1. The molecule has 1 aliphatic heterocycles. The summed E-state index contributed by atoms with van der Waals surface area (Å²) in [5, 5.41) is 15.2. The Bertz CT molecular complexity index is 519. The third kappa shape index (κ3) is 3.52. The number of carbonyl (C=O) groups excluding carboxylic acids is 1. The molecule has 0 unspecified atom stereocenters. The number of nitrogens with zero attached hydrogens (tertiary/aromatic N) is 1. The Kier molecular flexibility index (Phi) is 4.47. The highest BCUT2D eigenvalue weighted by atomic mass is 16.4. The van der Waals surface area contributed by atoms with Gasteiger partial charge in [0.1, 0.15) is 0 Å². The van der Waals surface area contributed by atoms with E-state index in [0.717, 1.165) is 13.1 Å². The van der Waals surface area contributed by atoms with Crippen LogP contribution in [0.5, 0.6) is 0 Å². The number of amides is 2. The van der Waals surface area contributed by atoms with Crippen LogP contribution in [0.15, 0.2) is 24.3 Å². The summed E-state index contributed by atoms with van der Waals surface area (Å²) in [7, 11) is 0. The van der Waals surface area contributed by atoms with E-state index in [9.17, 15) is 14.7 Å². The van der Waals surface area contributed by atoms with Gasteiger partial charge < -0.3 is 20.6 Å². The van der Waals surface area contributed by atoms with Crippen LogP contribution in [0, 0.1) is 0 Å². The topological polar surface area (TPSA) is 81.7 Å². The summed E-state index contributed by atoms with van der Waals surface area (Å²) in [5.41, 5.74) is 0.430. The van der Waals surface area contributed by atoms with Gasteiger partial charge in [-0.3, -0.25) is 4.79 Å². The Hall–Kier alpha value is -2.08. The van der Waals surface area contributed by atoms with E-state index < -0.39 is 11.4 Å². The van der Waals surface area contributed by atoms with Crippen molar-refractivity contribution < 1.29 is 14.7 Å². The van der Waals surface area contributed by atoms with Gasteiger partial charge in [-0.1, -0.05) is 12.1 Å². The number of rotatable bonds is 3. The average molecular weight is 291 g/mol. The Morgan fingerprint density at radius 1 is 1.19 bits per heavy atom. The summed E-state index contributed by atoms with van der Waals surface area (Å²) in [4.78, 5) is 25.0. The molecule has 6 nitrogen and oxygen atoms in total. The third-order valence-electron chi connectivity index (χ3n) is 3.80. The van der Waals surface area contributed by atoms with Gasteiger partial charge in [-0.25, -0.2) is 4.79 Å². The van der Waals surface area contributed by atoms with Crippen molar-refractivity contribution in [2.45, 2.75) is 19.3 Å². The number of carboxylic acid groups (broad SMARTS) is 1. The molecule has 1 saturated heterocycles. The molecular weight excluding hydrogens is 270 g/mol. The highest BCUT2D eigenvalue weighted by molar-refractivity contribution is 5.89. The minimum atomic E-state index is -0.943. The molecule has 0 saturated carbocycles. The molecule has 3 N–H and O–H groups in total. The predicted octanol–water partition coefficient (Wildman–Crippen LogP) is 1.49. The van der Waals surface area contributed by atoms with Gasteiger partial charge in [-0.05, 0) is 31.5 Å². The summed E-state index contributed by atoms with van der Waals surface area (Å²) in [6, 6.07) is 6.82. The lowest BCUT2D eigenvalue weighted by atomic mass is 9.85. The van der Waals surface area contributed by atoms with Crippen LogP contribution in [0.2, 0.25) is 0 Å². The number of nitrogens with one attached hydrogen (secondary N) is 2. The van der Waals surface area contributed by atoms with Crippen molar-refractivity contribution in [2.24, 2.45) is 0 Å². The molecule has 0 aliphatic carbocycles. The Balaban J connectivity index is 2.02. The largest absolute Gasteiger partial charge is 0.481 e. The van der Waals surface area contributed by atoms with Crippen LogP contribution < -0.4 is 10.6 Å². The molecule has 2 rings (SSSR count). The third-order valence-corrected chi connectivity index (χ3v) is 3.80. The highest BCUT2D eigenvalue weighted by Gasteiger charge is 2.29. The van der Waals surface area contributed by atoms with E-state index in [2.05, 4.69) is 10.6 Å². The lowest BCUT2D eigenvalue weighted by Crippen LogP contribution is -2.48. The standard InChI is InChI=1S/C15H21N3O3/c1-15(2,13(19)20)11-3-5-12(6-4-11)17-14(21)18-9-7-16-8-10-18/h3-6,16H,7-10H2,1-2H3,(H,17,21)(H,19,20). The zero-order chi connectivity index (χ0) is 15.5. The zero-order valence-electron chi connectivity index (χ0n) is 12.3. The minimum Gasteiger partial charge on any atom is -0.481 e. The van der Waals surface area contributed by atoms with Crippen molar-refractivity contribution in [1.82, 2.24) is 10.2 Å². The quantitative estimate of drug-likeness (QED) is 0.788. The fourth-order valence-corrected chi connectivity index (χ4v) is 2.16. The van der Waals surface area contributed by atoms with Crippen LogP contribution in [-0.2, 0) is 10.2 Å². The summed E-state index contributed by atoms with van der Waals surface area (Å²) in [5.74, 6) is -0.875. The monoisotopic (exact) mass is 291 g/mol. The maximum Gasteiger partial charge on any atom is 0.321 e. The first kappa shape index (κ1) is 15.3. The molecule has 0 bridgehead atoms. The van der Waals surface area contributed by atoms with Gasteiger partial charge in [0.25, 0.3) is 0 Å². The molecule has 0 radical (unpaired) electrons. The van der Waals surface area contributed by atoms with Gasteiger partial charge in [0.2, 0.25) is 0 Å². The fraction of sp³-hybridized carbons (Fsp3) is 0.467. The second-order valence-corrected chi connectivity index (χ2v) is 5.67. The van der Waals surface area contributed by atoms with E-state index in [4.69, 9.17) is 0 Å². The Labute approximate surface area is 124 Å². The average Bonchev–Trinajstić information content (AvgIpc) is 2.48. The fourth-order valence-electron chi connectivity index (χ4n) is 2.16. The first-order valence-corrected chi connectivity index (χ1v) is 7.02. The molecule has 0 aromatic heterocycles. The lowest BCUT2D eigenvalue weighted by Gasteiger charge is -2.27. The number of hydrogen-bond acceptors (Lipinski definition) is 3. The van der Waals surface area contributed by atoms with E-state index in [0.29, 0.717) is 24.3 Å². The second kappa shape index (κ2) is 6.13. The molecule has 0 spiro atoms. The van der Waals surface area contributed by atoms with Crippen molar-refractivity contribution in [3.05, 3.63) is 29.8 Å². The predicted molar refractivity (Wildman–Crippen MR) is 80.6 cm³/mol. The summed E-state index contributed by atoms with van der Waals surface area (Å²) in [6.07, 6.45) is 0.